The minimum Gasteiger partial charge on any atom is -1.00 e. The van der Waals surface area contributed by atoms with E-state index in [1.54, 1.807) is 0 Å². The van der Waals surface area contributed by atoms with Gasteiger partial charge in [0.15, 0.2) is 11.0 Å². The van der Waals surface area contributed by atoms with Crippen molar-refractivity contribution < 1.29 is 26.3 Å². The van der Waals surface area contributed by atoms with E-state index in [0.29, 0.717) is 0 Å². The number of rotatable bonds is 8. The molecule has 0 amide bonds. The summed E-state index contributed by atoms with van der Waals surface area (Å²) in [5.41, 5.74) is 2.63. The number of aromatic nitrogens is 2. The summed E-state index contributed by atoms with van der Waals surface area (Å²) in [6.45, 7) is 5.04. The Kier molecular flexibility index (Phi) is 7.32. The van der Waals surface area contributed by atoms with Gasteiger partial charge in [0, 0.05) is 6.42 Å². The molecule has 0 saturated heterocycles. The third-order valence-electron chi connectivity index (χ3n) is 4.09. The van der Waals surface area contributed by atoms with Gasteiger partial charge in [-0.2, -0.15) is 0 Å². The van der Waals surface area contributed by atoms with Crippen molar-refractivity contribution in [2.24, 2.45) is 0 Å². The lowest BCUT2D eigenvalue weighted by molar-refractivity contribution is -0.672. The van der Waals surface area contributed by atoms with Crippen molar-refractivity contribution in [2.75, 3.05) is 6.61 Å². The molecule has 0 aliphatic heterocycles. The zero-order valence-corrected chi connectivity index (χ0v) is 15.8. The molecular formula is C20H25BrN2O. The first-order valence-electron chi connectivity index (χ1n) is 8.53. The monoisotopic (exact) mass is 388 g/mol. The molecule has 24 heavy (non-hydrogen) atoms. The van der Waals surface area contributed by atoms with E-state index in [-0.39, 0.29) is 17.0 Å². The molecule has 0 unspecified atom stereocenters. The van der Waals surface area contributed by atoms with Crippen molar-refractivity contribution in [1.29, 1.82) is 0 Å². The molecule has 3 nitrogen and oxygen atoms in total. The smallest absolute Gasteiger partial charge is 0.244 e. The van der Waals surface area contributed by atoms with Crippen LogP contribution in [0.15, 0.2) is 60.9 Å². The Labute approximate surface area is 154 Å². The van der Waals surface area contributed by atoms with Gasteiger partial charge in [-0.05, 0) is 30.7 Å². The average Bonchev–Trinajstić information content (AvgIpc) is 2.96. The average molecular weight is 389 g/mol. The molecule has 3 rings (SSSR count). The molecule has 1 heterocycles. The molecule has 1 aromatic heterocycles. The van der Waals surface area contributed by atoms with Crippen LogP contribution in [-0.4, -0.2) is 11.2 Å². The van der Waals surface area contributed by atoms with Crippen LogP contribution in [0.3, 0.4) is 0 Å². The summed E-state index contributed by atoms with van der Waals surface area (Å²) < 4.78 is 10.5. The van der Waals surface area contributed by atoms with E-state index in [1.807, 2.05) is 30.3 Å². The number of hydrogen-bond acceptors (Lipinski definition) is 1. The van der Waals surface area contributed by atoms with Gasteiger partial charge in [0.05, 0.1) is 19.7 Å². The van der Waals surface area contributed by atoms with Crippen LogP contribution in [0.5, 0.6) is 5.75 Å². The zero-order chi connectivity index (χ0) is 15.9. The predicted molar refractivity (Wildman–Crippen MR) is 93.6 cm³/mol. The minimum atomic E-state index is 0. The molecule has 3 aromatic rings. The Morgan fingerprint density at radius 2 is 1.71 bits per heavy atom. The topological polar surface area (TPSA) is 18.0 Å². The van der Waals surface area contributed by atoms with E-state index in [2.05, 4.69) is 46.7 Å². The molecule has 2 aromatic carbocycles. The predicted octanol–water partition coefficient (Wildman–Crippen LogP) is 1.20. The summed E-state index contributed by atoms with van der Waals surface area (Å²) in [6, 6.07) is 18.7. The van der Waals surface area contributed by atoms with E-state index in [4.69, 9.17) is 4.74 Å². The number of imidazole rings is 1. The van der Waals surface area contributed by atoms with Crippen LogP contribution >= 0.6 is 0 Å². The van der Waals surface area contributed by atoms with Gasteiger partial charge >= 0.3 is 0 Å². The van der Waals surface area contributed by atoms with Crippen molar-refractivity contribution in [1.82, 2.24) is 4.57 Å². The molecule has 0 bridgehead atoms. The zero-order valence-electron chi connectivity index (χ0n) is 14.2. The Balaban J connectivity index is 0.00000208. The Morgan fingerprint density at radius 1 is 0.958 bits per heavy atom. The minimum absolute atomic E-state index is 0. The van der Waals surface area contributed by atoms with E-state index in [0.717, 1.165) is 31.9 Å². The van der Waals surface area contributed by atoms with Crippen LogP contribution < -0.4 is 26.3 Å². The number of unbranched alkanes of at least 4 members (excludes halogenated alkanes) is 1. The largest absolute Gasteiger partial charge is 1.00 e. The molecular weight excluding hydrogens is 364 g/mol. The molecule has 0 saturated carbocycles. The van der Waals surface area contributed by atoms with E-state index in [9.17, 15) is 0 Å². The van der Waals surface area contributed by atoms with Crippen molar-refractivity contribution in [3.05, 3.63) is 60.9 Å². The molecule has 4 heteroatoms. The number of ether oxygens (including phenoxy) is 1. The molecule has 0 fully saturated rings. The number of halogens is 1. The second-order valence-corrected chi connectivity index (χ2v) is 5.86. The lowest BCUT2D eigenvalue weighted by atomic mass is 10.3. The quantitative estimate of drug-likeness (QED) is 0.418. The molecule has 0 N–H and O–H groups in total. The van der Waals surface area contributed by atoms with Crippen molar-refractivity contribution in [2.45, 2.75) is 39.3 Å². The summed E-state index contributed by atoms with van der Waals surface area (Å²) in [4.78, 5) is 0. The molecule has 0 atom stereocenters. The van der Waals surface area contributed by atoms with Gasteiger partial charge in [0.25, 0.3) is 0 Å². The van der Waals surface area contributed by atoms with Crippen LogP contribution in [0.2, 0.25) is 0 Å². The fraction of sp³-hybridized carbons (Fsp3) is 0.350. The van der Waals surface area contributed by atoms with Gasteiger partial charge in [-0.3, -0.25) is 0 Å². The van der Waals surface area contributed by atoms with Gasteiger partial charge in [-0.25, -0.2) is 9.13 Å². The number of para-hydroxylation sites is 3. The lowest BCUT2D eigenvalue weighted by Crippen LogP contribution is -3.00. The maximum Gasteiger partial charge on any atom is 0.244 e. The fourth-order valence-electron chi connectivity index (χ4n) is 2.87. The maximum absolute atomic E-state index is 5.79. The first kappa shape index (κ1) is 18.5. The van der Waals surface area contributed by atoms with E-state index >= 15 is 0 Å². The third-order valence-corrected chi connectivity index (χ3v) is 4.09. The molecule has 0 spiro atoms. The lowest BCUT2D eigenvalue weighted by Gasteiger charge is -2.04. The molecule has 0 aliphatic rings. The molecule has 0 aliphatic carbocycles. The summed E-state index contributed by atoms with van der Waals surface area (Å²) in [7, 11) is 0. The normalized spacial score (nSPS) is 10.5. The van der Waals surface area contributed by atoms with Crippen LogP contribution in [0, 0.1) is 0 Å². The Morgan fingerprint density at radius 3 is 2.50 bits per heavy atom. The van der Waals surface area contributed by atoms with Crippen molar-refractivity contribution in [3.8, 4) is 5.75 Å². The van der Waals surface area contributed by atoms with Gasteiger partial charge in [0.2, 0.25) is 6.33 Å². The number of aryl methyl sites for hydroxylation is 2. The van der Waals surface area contributed by atoms with Gasteiger partial charge in [0.1, 0.15) is 5.75 Å². The first-order valence-corrected chi connectivity index (χ1v) is 8.53. The maximum atomic E-state index is 5.79. The first-order chi connectivity index (χ1) is 11.4. The highest BCUT2D eigenvalue weighted by Crippen LogP contribution is 2.12. The van der Waals surface area contributed by atoms with E-state index in [1.165, 1.54) is 23.9 Å². The summed E-state index contributed by atoms with van der Waals surface area (Å²) >= 11 is 0. The van der Waals surface area contributed by atoms with Crippen LogP contribution in [0.4, 0.5) is 0 Å². The summed E-state index contributed by atoms with van der Waals surface area (Å²) in [6.07, 6.45) is 5.69. The van der Waals surface area contributed by atoms with Gasteiger partial charge in [-0.15, -0.1) is 0 Å². The van der Waals surface area contributed by atoms with Gasteiger partial charge < -0.3 is 21.7 Å². The van der Waals surface area contributed by atoms with E-state index < -0.39 is 0 Å². The fourth-order valence-corrected chi connectivity index (χ4v) is 2.87. The van der Waals surface area contributed by atoms with Crippen molar-refractivity contribution >= 4 is 11.0 Å². The van der Waals surface area contributed by atoms with Crippen molar-refractivity contribution in [3.63, 3.8) is 0 Å². The highest BCUT2D eigenvalue weighted by Gasteiger charge is 2.14. The summed E-state index contributed by atoms with van der Waals surface area (Å²) in [5.74, 6) is 0.947. The number of benzene rings is 2. The third kappa shape index (κ3) is 4.60. The highest BCUT2D eigenvalue weighted by molar-refractivity contribution is 5.71. The highest BCUT2D eigenvalue weighted by atomic mass is 79.9. The number of hydrogen-bond donors (Lipinski definition) is 0. The number of fused-ring (bicyclic) bond motifs is 1. The standard InChI is InChI=1S/C20H25N2O.BrH/c1-2-3-14-21-17-22(20-13-8-7-12-19(20)21)15-9-16-23-18-10-5-4-6-11-18;/h4-8,10-13,17H,2-3,9,14-16H2,1H3;1H/q+1;/p-1. The molecule has 0 radical (unpaired) electrons. The van der Waals surface area contributed by atoms with Crippen LogP contribution in [0.25, 0.3) is 11.0 Å². The second-order valence-electron chi connectivity index (χ2n) is 5.86. The Bertz CT molecular complexity index is 740. The Hall–Kier alpha value is -1.81. The SMILES string of the molecule is CCCCn1c[n+](CCCOc2ccccc2)c2ccccc21.[Br-]. The van der Waals surface area contributed by atoms with Gasteiger partial charge in [-0.1, -0.05) is 43.7 Å². The van der Waals surface area contributed by atoms with Crippen LogP contribution in [0.1, 0.15) is 26.2 Å². The molecule has 128 valence electrons. The second kappa shape index (κ2) is 9.48. The summed E-state index contributed by atoms with van der Waals surface area (Å²) in [5, 5.41) is 0. The number of nitrogens with zero attached hydrogens (tertiary/aromatic N) is 2. The van der Waals surface area contributed by atoms with Crippen LogP contribution in [-0.2, 0) is 13.1 Å².